The molecule has 0 bridgehead atoms. The molecule has 5 nitrogen and oxygen atoms in total. The highest BCUT2D eigenvalue weighted by Gasteiger charge is 2.37. The Hall–Kier alpha value is -1.97. The molecule has 30 heavy (non-hydrogen) atoms. The van der Waals surface area contributed by atoms with Gasteiger partial charge >= 0.3 is 6.18 Å². The number of piperidine rings is 1. The van der Waals surface area contributed by atoms with Crippen LogP contribution in [0, 0.1) is 5.82 Å². The Balaban J connectivity index is 1.69. The second-order valence-electron chi connectivity index (χ2n) is 8.17. The second kappa shape index (κ2) is 8.28. The van der Waals surface area contributed by atoms with Gasteiger partial charge in [0, 0.05) is 24.8 Å². The van der Waals surface area contributed by atoms with Crippen molar-refractivity contribution in [2.45, 2.75) is 44.0 Å². The van der Waals surface area contributed by atoms with E-state index in [0.717, 1.165) is 44.6 Å². The number of aromatic nitrogens is 2. The smallest absolute Gasteiger partial charge is 0.382 e. The molecule has 2 N–H and O–H groups in total. The van der Waals surface area contributed by atoms with Crippen LogP contribution in [-0.4, -0.2) is 52.3 Å². The zero-order valence-corrected chi connectivity index (χ0v) is 16.7. The number of hydrogen-bond donors (Lipinski definition) is 2. The van der Waals surface area contributed by atoms with Gasteiger partial charge in [-0.05, 0) is 70.1 Å². The van der Waals surface area contributed by atoms with Gasteiger partial charge in [0.2, 0.25) is 0 Å². The highest BCUT2D eigenvalue weighted by atomic mass is 19.4. The van der Waals surface area contributed by atoms with E-state index in [4.69, 9.17) is 0 Å². The van der Waals surface area contributed by atoms with Crippen molar-refractivity contribution in [3.8, 4) is 11.3 Å². The summed E-state index contributed by atoms with van der Waals surface area (Å²) in [6.45, 7) is 4.70. The Labute approximate surface area is 172 Å². The normalized spacial score (nSPS) is 20.0. The molecule has 0 atom stereocenters. The molecule has 0 spiro atoms. The average Bonchev–Trinajstić information content (AvgIpc) is 3.36. The molecular weight excluding hydrogens is 400 g/mol. The van der Waals surface area contributed by atoms with Gasteiger partial charge in [0.1, 0.15) is 17.2 Å². The lowest BCUT2D eigenvalue weighted by molar-refractivity contribution is -0.139. The monoisotopic (exact) mass is 426 g/mol. The van der Waals surface area contributed by atoms with Gasteiger partial charge in [0.05, 0.1) is 11.3 Å². The maximum Gasteiger partial charge on any atom is 0.419 e. The van der Waals surface area contributed by atoms with E-state index in [-0.39, 0.29) is 5.56 Å². The number of halogens is 4. The molecule has 0 aliphatic carbocycles. The third-order valence-corrected chi connectivity index (χ3v) is 6.05. The summed E-state index contributed by atoms with van der Waals surface area (Å²) in [6.07, 6.45) is 0.170. The Kier molecular flexibility index (Phi) is 5.87. The standard InChI is InChI=1S/C21H26F4N4O/c22-17-4-3-15(13-16(17)21(23,24)25)18-14-29(12-11-28-9-1-2-10-28)19(27-18)20(30)5-7-26-8-6-20/h3-4,13-14,26,30H,1-2,5-12H2. The minimum Gasteiger partial charge on any atom is -0.382 e. The van der Waals surface area contributed by atoms with Gasteiger partial charge in [-0.15, -0.1) is 0 Å². The van der Waals surface area contributed by atoms with E-state index in [1.165, 1.54) is 6.07 Å². The Bertz CT molecular complexity index is 884. The molecule has 0 amide bonds. The fraction of sp³-hybridized carbons (Fsp3) is 0.571. The first-order valence-corrected chi connectivity index (χ1v) is 10.4. The molecule has 1 aromatic heterocycles. The van der Waals surface area contributed by atoms with Crippen LogP contribution in [0.3, 0.4) is 0 Å². The number of rotatable bonds is 5. The predicted molar refractivity (Wildman–Crippen MR) is 104 cm³/mol. The number of aliphatic hydroxyl groups is 1. The van der Waals surface area contributed by atoms with Crippen LogP contribution in [0.4, 0.5) is 17.6 Å². The van der Waals surface area contributed by atoms with E-state index in [1.54, 1.807) is 6.20 Å². The van der Waals surface area contributed by atoms with Crippen molar-refractivity contribution >= 4 is 0 Å². The molecule has 9 heteroatoms. The van der Waals surface area contributed by atoms with Crippen molar-refractivity contribution in [1.29, 1.82) is 0 Å². The summed E-state index contributed by atoms with van der Waals surface area (Å²) in [7, 11) is 0. The van der Waals surface area contributed by atoms with Crippen molar-refractivity contribution in [2.24, 2.45) is 0 Å². The van der Waals surface area contributed by atoms with Crippen molar-refractivity contribution in [1.82, 2.24) is 19.8 Å². The maximum atomic E-state index is 13.7. The van der Waals surface area contributed by atoms with Crippen LogP contribution in [0.15, 0.2) is 24.4 Å². The molecule has 4 rings (SSSR count). The lowest BCUT2D eigenvalue weighted by Crippen LogP contribution is -2.42. The minimum absolute atomic E-state index is 0.183. The Morgan fingerprint density at radius 1 is 1.10 bits per heavy atom. The number of nitrogens with zero attached hydrogens (tertiary/aromatic N) is 3. The molecule has 2 saturated heterocycles. The Morgan fingerprint density at radius 2 is 1.80 bits per heavy atom. The molecule has 2 aliphatic heterocycles. The maximum absolute atomic E-state index is 13.7. The van der Waals surface area contributed by atoms with Gasteiger partial charge in [0.15, 0.2) is 0 Å². The van der Waals surface area contributed by atoms with E-state index in [2.05, 4.69) is 15.2 Å². The second-order valence-corrected chi connectivity index (χ2v) is 8.17. The highest BCUT2D eigenvalue weighted by Crippen LogP contribution is 2.36. The summed E-state index contributed by atoms with van der Waals surface area (Å²) in [5, 5.41) is 14.4. The lowest BCUT2D eigenvalue weighted by Gasteiger charge is -2.32. The minimum atomic E-state index is -4.78. The first kappa shape index (κ1) is 21.3. The van der Waals surface area contributed by atoms with Crippen molar-refractivity contribution in [2.75, 3.05) is 32.7 Å². The van der Waals surface area contributed by atoms with Crippen molar-refractivity contribution in [3.63, 3.8) is 0 Å². The van der Waals surface area contributed by atoms with E-state index < -0.39 is 23.2 Å². The summed E-state index contributed by atoms with van der Waals surface area (Å²) >= 11 is 0. The quantitative estimate of drug-likeness (QED) is 0.720. The van der Waals surface area contributed by atoms with Crippen LogP contribution in [-0.2, 0) is 18.3 Å². The van der Waals surface area contributed by atoms with Gasteiger partial charge in [-0.3, -0.25) is 0 Å². The number of nitrogens with one attached hydrogen (secondary N) is 1. The highest BCUT2D eigenvalue weighted by molar-refractivity contribution is 5.60. The number of imidazole rings is 1. The fourth-order valence-electron chi connectivity index (χ4n) is 4.32. The zero-order valence-electron chi connectivity index (χ0n) is 16.7. The summed E-state index contributed by atoms with van der Waals surface area (Å²) in [4.78, 5) is 6.88. The zero-order chi connectivity index (χ0) is 21.4. The van der Waals surface area contributed by atoms with Crippen LogP contribution >= 0.6 is 0 Å². The molecule has 0 unspecified atom stereocenters. The SMILES string of the molecule is OC1(c2nc(-c3ccc(F)c(C(F)(F)F)c3)cn2CCN2CCCC2)CCNCC1. The topological polar surface area (TPSA) is 53.3 Å². The largest absolute Gasteiger partial charge is 0.419 e. The summed E-state index contributed by atoms with van der Waals surface area (Å²) in [5.41, 5.74) is -1.96. The van der Waals surface area contributed by atoms with Crippen LogP contribution < -0.4 is 5.32 Å². The molecule has 2 aromatic rings. The molecule has 164 valence electrons. The molecule has 2 fully saturated rings. The summed E-state index contributed by atoms with van der Waals surface area (Å²) < 4.78 is 55.0. The molecule has 0 radical (unpaired) electrons. The van der Waals surface area contributed by atoms with Crippen molar-refractivity contribution in [3.05, 3.63) is 41.6 Å². The van der Waals surface area contributed by atoms with E-state index in [9.17, 15) is 22.7 Å². The molecule has 0 saturated carbocycles. The van der Waals surface area contributed by atoms with E-state index in [0.29, 0.717) is 44.0 Å². The summed E-state index contributed by atoms with van der Waals surface area (Å²) in [6, 6.07) is 2.91. The fourth-order valence-corrected chi connectivity index (χ4v) is 4.32. The number of hydrogen-bond acceptors (Lipinski definition) is 4. The lowest BCUT2D eigenvalue weighted by atomic mass is 9.91. The van der Waals surface area contributed by atoms with Crippen LogP contribution in [0.1, 0.15) is 37.1 Å². The third-order valence-electron chi connectivity index (χ3n) is 6.05. The van der Waals surface area contributed by atoms with Crippen LogP contribution in [0.25, 0.3) is 11.3 Å². The van der Waals surface area contributed by atoms with Gasteiger partial charge in [0.25, 0.3) is 0 Å². The Morgan fingerprint density at radius 3 is 2.47 bits per heavy atom. The molecule has 1 aromatic carbocycles. The van der Waals surface area contributed by atoms with Gasteiger partial charge in [-0.2, -0.15) is 13.2 Å². The van der Waals surface area contributed by atoms with E-state index in [1.807, 2.05) is 4.57 Å². The first-order valence-electron chi connectivity index (χ1n) is 10.4. The number of likely N-dealkylation sites (tertiary alicyclic amines) is 1. The van der Waals surface area contributed by atoms with Crippen LogP contribution in [0.2, 0.25) is 0 Å². The van der Waals surface area contributed by atoms with Gasteiger partial charge in [-0.1, -0.05) is 0 Å². The molecular formula is C21H26F4N4O. The average molecular weight is 426 g/mol. The first-order chi connectivity index (χ1) is 14.3. The van der Waals surface area contributed by atoms with Crippen LogP contribution in [0.5, 0.6) is 0 Å². The van der Waals surface area contributed by atoms with E-state index >= 15 is 0 Å². The number of benzene rings is 1. The van der Waals surface area contributed by atoms with Gasteiger partial charge in [-0.25, -0.2) is 9.37 Å². The van der Waals surface area contributed by atoms with Gasteiger partial charge < -0.3 is 19.9 Å². The molecule has 3 heterocycles. The number of alkyl halides is 3. The summed E-state index contributed by atoms with van der Waals surface area (Å²) in [5.74, 6) is -0.840. The molecule has 2 aliphatic rings. The van der Waals surface area contributed by atoms with Crippen molar-refractivity contribution < 1.29 is 22.7 Å². The third kappa shape index (κ3) is 4.38. The predicted octanol–water partition coefficient (Wildman–Crippen LogP) is 3.37.